The fourth-order valence-electron chi connectivity index (χ4n) is 3.63. The van der Waals surface area contributed by atoms with Crippen molar-refractivity contribution >= 4 is 0 Å². The molecule has 2 N–H and O–H groups in total. The lowest BCUT2D eigenvalue weighted by Gasteiger charge is -2.35. The van der Waals surface area contributed by atoms with Crippen molar-refractivity contribution in [3.63, 3.8) is 0 Å². The Morgan fingerprint density at radius 3 is 2.35 bits per heavy atom. The Morgan fingerprint density at radius 2 is 1.82 bits per heavy atom. The molecule has 1 heterocycles. The molecule has 2 nitrogen and oxygen atoms in total. The van der Waals surface area contributed by atoms with Crippen molar-refractivity contribution in [3.05, 3.63) is 0 Å². The van der Waals surface area contributed by atoms with Crippen molar-refractivity contribution < 1.29 is 0 Å². The van der Waals surface area contributed by atoms with Crippen LogP contribution in [0.1, 0.15) is 52.9 Å². The first-order valence-corrected chi connectivity index (χ1v) is 7.48. The third kappa shape index (κ3) is 3.03. The van der Waals surface area contributed by atoms with Crippen molar-refractivity contribution in [3.8, 4) is 0 Å². The first-order chi connectivity index (χ1) is 8.06. The third-order valence-electron chi connectivity index (χ3n) is 5.34. The van der Waals surface area contributed by atoms with E-state index >= 15 is 0 Å². The van der Waals surface area contributed by atoms with Gasteiger partial charge in [0, 0.05) is 19.6 Å². The molecule has 0 radical (unpaired) electrons. The number of rotatable bonds is 5. The molecule has 2 heteroatoms. The van der Waals surface area contributed by atoms with Crippen LogP contribution >= 0.6 is 0 Å². The van der Waals surface area contributed by atoms with Crippen LogP contribution in [0.25, 0.3) is 0 Å². The van der Waals surface area contributed by atoms with Gasteiger partial charge in [0.1, 0.15) is 0 Å². The van der Waals surface area contributed by atoms with Crippen LogP contribution in [0.3, 0.4) is 0 Å². The molecule has 0 bridgehead atoms. The molecule has 0 aromatic carbocycles. The van der Waals surface area contributed by atoms with Crippen LogP contribution in [-0.2, 0) is 0 Å². The quantitative estimate of drug-likeness (QED) is 0.769. The van der Waals surface area contributed by atoms with Gasteiger partial charge in [-0.3, -0.25) is 0 Å². The van der Waals surface area contributed by atoms with Gasteiger partial charge in [0.15, 0.2) is 0 Å². The lowest BCUT2D eigenvalue weighted by Crippen LogP contribution is -2.43. The van der Waals surface area contributed by atoms with E-state index in [4.69, 9.17) is 0 Å². The second kappa shape index (κ2) is 5.27. The smallest absolute Gasteiger partial charge is 0.00231 e. The third-order valence-corrected chi connectivity index (χ3v) is 5.34. The Hall–Kier alpha value is -0.0800. The maximum atomic E-state index is 3.79. The van der Waals surface area contributed by atoms with Gasteiger partial charge in [-0.25, -0.2) is 0 Å². The lowest BCUT2D eigenvalue weighted by molar-refractivity contribution is 0.193. The molecule has 1 unspecified atom stereocenters. The molecule has 100 valence electrons. The van der Waals surface area contributed by atoms with Crippen LogP contribution in [0.4, 0.5) is 0 Å². The van der Waals surface area contributed by atoms with Crippen LogP contribution in [0.5, 0.6) is 0 Å². The molecule has 0 aromatic heterocycles. The van der Waals surface area contributed by atoms with Gasteiger partial charge in [0.25, 0.3) is 0 Å². The maximum absolute atomic E-state index is 3.79. The fraction of sp³-hybridized carbons (Fsp3) is 1.00. The summed E-state index contributed by atoms with van der Waals surface area (Å²) in [6.07, 6.45) is 7.07. The Morgan fingerprint density at radius 1 is 1.12 bits per heavy atom. The predicted molar refractivity (Wildman–Crippen MR) is 74.2 cm³/mol. The van der Waals surface area contributed by atoms with Gasteiger partial charge in [-0.05, 0) is 42.6 Å². The second-order valence-electron chi connectivity index (χ2n) is 7.07. The van der Waals surface area contributed by atoms with E-state index in [2.05, 4.69) is 31.4 Å². The summed E-state index contributed by atoms with van der Waals surface area (Å²) in [7, 11) is 0. The van der Waals surface area contributed by atoms with Gasteiger partial charge in [-0.1, -0.05) is 33.6 Å². The zero-order chi connectivity index (χ0) is 12.4. The van der Waals surface area contributed by atoms with E-state index < -0.39 is 0 Å². The summed E-state index contributed by atoms with van der Waals surface area (Å²) < 4.78 is 0. The van der Waals surface area contributed by atoms with Crippen molar-refractivity contribution in [1.29, 1.82) is 0 Å². The van der Waals surface area contributed by atoms with E-state index in [9.17, 15) is 0 Å². The summed E-state index contributed by atoms with van der Waals surface area (Å²) >= 11 is 0. The highest BCUT2D eigenvalue weighted by molar-refractivity contribution is 4.93. The molecule has 0 amide bonds. The van der Waals surface area contributed by atoms with Gasteiger partial charge < -0.3 is 10.6 Å². The largest absolute Gasteiger partial charge is 0.316 e. The van der Waals surface area contributed by atoms with E-state index in [-0.39, 0.29) is 0 Å². The number of hydrogen-bond donors (Lipinski definition) is 2. The van der Waals surface area contributed by atoms with Crippen molar-refractivity contribution in [1.82, 2.24) is 10.6 Å². The van der Waals surface area contributed by atoms with Crippen molar-refractivity contribution in [2.45, 2.75) is 52.9 Å². The minimum absolute atomic E-state index is 0.509. The molecule has 1 aliphatic heterocycles. The summed E-state index contributed by atoms with van der Waals surface area (Å²) in [6, 6.07) is 0. The highest BCUT2D eigenvalue weighted by Gasteiger charge is 2.37. The molecular formula is C15H30N2. The topological polar surface area (TPSA) is 24.1 Å². The summed E-state index contributed by atoms with van der Waals surface area (Å²) in [5.74, 6) is 0.779. The second-order valence-corrected chi connectivity index (χ2v) is 7.07. The van der Waals surface area contributed by atoms with Crippen molar-refractivity contribution in [2.24, 2.45) is 16.7 Å². The molecular weight excluding hydrogens is 208 g/mol. The van der Waals surface area contributed by atoms with Crippen LogP contribution in [0, 0.1) is 16.7 Å². The average Bonchev–Trinajstić information content (AvgIpc) is 2.89. The van der Waals surface area contributed by atoms with Crippen LogP contribution < -0.4 is 10.6 Å². The number of hydrogen-bond acceptors (Lipinski definition) is 2. The molecule has 17 heavy (non-hydrogen) atoms. The average molecular weight is 238 g/mol. The van der Waals surface area contributed by atoms with Gasteiger partial charge in [-0.15, -0.1) is 0 Å². The Balaban J connectivity index is 1.80. The van der Waals surface area contributed by atoms with E-state index in [1.54, 1.807) is 0 Å². The molecule has 0 spiro atoms. The van der Waals surface area contributed by atoms with Crippen molar-refractivity contribution in [2.75, 3.05) is 26.2 Å². The Bertz CT molecular complexity index is 235. The first kappa shape index (κ1) is 13.4. The SMILES string of the molecule is CC(C)C1(CNCC2(C)CCCC2)CCNC1. The number of nitrogens with one attached hydrogen (secondary N) is 2. The molecule has 1 aliphatic carbocycles. The van der Waals surface area contributed by atoms with E-state index in [0.717, 1.165) is 5.92 Å². The van der Waals surface area contributed by atoms with E-state index in [1.807, 2.05) is 0 Å². The van der Waals surface area contributed by atoms with Crippen LogP contribution in [0.2, 0.25) is 0 Å². The molecule has 2 aliphatic rings. The Kier molecular flexibility index (Phi) is 4.14. The van der Waals surface area contributed by atoms with Crippen LogP contribution in [0.15, 0.2) is 0 Å². The molecule has 2 fully saturated rings. The lowest BCUT2D eigenvalue weighted by atomic mass is 9.76. The minimum Gasteiger partial charge on any atom is -0.316 e. The monoisotopic (exact) mass is 238 g/mol. The fourth-order valence-corrected chi connectivity index (χ4v) is 3.63. The normalized spacial score (nSPS) is 32.5. The molecule has 0 aromatic rings. The minimum atomic E-state index is 0.509. The zero-order valence-corrected chi connectivity index (χ0v) is 11.9. The van der Waals surface area contributed by atoms with Gasteiger partial charge in [0.05, 0.1) is 0 Å². The van der Waals surface area contributed by atoms with Gasteiger partial charge in [-0.2, -0.15) is 0 Å². The molecule has 1 saturated heterocycles. The molecule has 2 rings (SSSR count). The van der Waals surface area contributed by atoms with E-state index in [1.165, 1.54) is 58.3 Å². The maximum Gasteiger partial charge on any atom is 0.00231 e. The predicted octanol–water partition coefficient (Wildman–Crippen LogP) is 2.79. The van der Waals surface area contributed by atoms with Gasteiger partial charge >= 0.3 is 0 Å². The summed E-state index contributed by atoms with van der Waals surface area (Å²) in [6.45, 7) is 12.1. The highest BCUT2D eigenvalue weighted by atomic mass is 15.0. The Labute approximate surface area is 107 Å². The standard InChI is InChI=1S/C15H30N2/c1-13(2)15(8-9-16-11-15)12-17-10-14(3)6-4-5-7-14/h13,16-17H,4-12H2,1-3H3. The first-order valence-electron chi connectivity index (χ1n) is 7.48. The molecule has 1 atom stereocenters. The summed E-state index contributed by atoms with van der Waals surface area (Å²) in [4.78, 5) is 0. The molecule has 1 saturated carbocycles. The summed E-state index contributed by atoms with van der Waals surface area (Å²) in [5.41, 5.74) is 1.10. The highest BCUT2D eigenvalue weighted by Crippen LogP contribution is 2.38. The van der Waals surface area contributed by atoms with Gasteiger partial charge in [0.2, 0.25) is 0 Å². The zero-order valence-electron chi connectivity index (χ0n) is 11.9. The van der Waals surface area contributed by atoms with E-state index in [0.29, 0.717) is 10.8 Å². The summed E-state index contributed by atoms with van der Waals surface area (Å²) in [5, 5.41) is 7.33. The van der Waals surface area contributed by atoms with Crippen LogP contribution in [-0.4, -0.2) is 26.2 Å².